The minimum Gasteiger partial charge on any atom is -0.481 e. The average molecular weight is 239 g/mol. The van der Waals surface area contributed by atoms with Crippen LogP contribution in [-0.4, -0.2) is 28.9 Å². The number of benzene rings is 1. The first-order valence-corrected chi connectivity index (χ1v) is 5.14. The lowest BCUT2D eigenvalue weighted by molar-refractivity contribution is -0.149. The van der Waals surface area contributed by atoms with Crippen LogP contribution in [0.1, 0.15) is 12.5 Å². The second kappa shape index (κ2) is 5.43. The zero-order valence-electron chi connectivity index (χ0n) is 9.68. The Labute approximate surface area is 98.7 Å². The molecule has 0 aliphatic heterocycles. The Morgan fingerprint density at radius 3 is 2.35 bits per heavy atom. The van der Waals surface area contributed by atoms with E-state index in [9.17, 15) is 14.0 Å². The van der Waals surface area contributed by atoms with Crippen LogP contribution in [0, 0.1) is 11.7 Å². The van der Waals surface area contributed by atoms with Gasteiger partial charge in [-0.25, -0.2) is 4.39 Å². The summed E-state index contributed by atoms with van der Waals surface area (Å²) >= 11 is 0. The summed E-state index contributed by atoms with van der Waals surface area (Å²) in [5, 5.41) is 8.71. The van der Waals surface area contributed by atoms with Crippen molar-refractivity contribution in [3.8, 4) is 0 Å². The lowest BCUT2D eigenvalue weighted by atomic mass is 10.1. The van der Waals surface area contributed by atoms with Gasteiger partial charge in [-0.1, -0.05) is 12.1 Å². The number of amides is 1. The topological polar surface area (TPSA) is 57.6 Å². The van der Waals surface area contributed by atoms with Crippen molar-refractivity contribution in [1.82, 2.24) is 4.90 Å². The summed E-state index contributed by atoms with van der Waals surface area (Å²) in [6, 6.07) is 5.72. The van der Waals surface area contributed by atoms with Crippen LogP contribution in [0.15, 0.2) is 24.3 Å². The molecule has 0 aliphatic rings. The second-order valence-electron chi connectivity index (χ2n) is 3.88. The van der Waals surface area contributed by atoms with Crippen LogP contribution in [0.4, 0.5) is 4.39 Å². The maximum absolute atomic E-state index is 12.7. The zero-order valence-corrected chi connectivity index (χ0v) is 9.68. The summed E-state index contributed by atoms with van der Waals surface area (Å²) in [6.45, 7) is 1.60. The van der Waals surface area contributed by atoms with Crippen molar-refractivity contribution >= 4 is 11.9 Å². The van der Waals surface area contributed by atoms with Crippen molar-refractivity contribution in [2.75, 3.05) is 7.05 Å². The summed E-state index contributed by atoms with van der Waals surface area (Å²) in [4.78, 5) is 23.6. The quantitative estimate of drug-likeness (QED) is 0.810. The van der Waals surface area contributed by atoms with Gasteiger partial charge < -0.3 is 10.0 Å². The Kier molecular flexibility index (Phi) is 4.20. The smallest absolute Gasteiger partial charge is 0.315 e. The number of carboxylic acid groups (broad SMARTS) is 1. The van der Waals surface area contributed by atoms with Crippen molar-refractivity contribution in [1.29, 1.82) is 0 Å². The lowest BCUT2D eigenvalue weighted by Crippen LogP contribution is -2.34. The minimum atomic E-state index is -1.15. The summed E-state index contributed by atoms with van der Waals surface area (Å²) in [6.07, 6.45) is 0. The van der Waals surface area contributed by atoms with Crippen molar-refractivity contribution in [2.24, 2.45) is 5.92 Å². The first kappa shape index (κ1) is 13.2. The molecule has 17 heavy (non-hydrogen) atoms. The van der Waals surface area contributed by atoms with E-state index in [0.717, 1.165) is 5.56 Å². The number of rotatable bonds is 4. The van der Waals surface area contributed by atoms with Gasteiger partial charge in [0.05, 0.1) is 0 Å². The monoisotopic (exact) mass is 239 g/mol. The van der Waals surface area contributed by atoms with E-state index in [1.165, 1.54) is 31.0 Å². The minimum absolute atomic E-state index is 0.261. The third kappa shape index (κ3) is 3.55. The second-order valence-corrected chi connectivity index (χ2v) is 3.88. The highest BCUT2D eigenvalue weighted by Gasteiger charge is 2.23. The van der Waals surface area contributed by atoms with E-state index in [1.54, 1.807) is 12.1 Å². The summed E-state index contributed by atoms with van der Waals surface area (Å²) in [7, 11) is 1.52. The fraction of sp³-hybridized carbons (Fsp3) is 0.333. The van der Waals surface area contributed by atoms with Gasteiger partial charge in [0.25, 0.3) is 0 Å². The Bertz CT molecular complexity index is 416. The normalized spacial score (nSPS) is 11.9. The number of halogens is 1. The summed E-state index contributed by atoms with van der Waals surface area (Å²) in [5.74, 6) is -3.04. The highest BCUT2D eigenvalue weighted by atomic mass is 19.1. The maximum Gasteiger partial charge on any atom is 0.315 e. The molecule has 1 amide bonds. The van der Waals surface area contributed by atoms with Gasteiger partial charge in [0, 0.05) is 13.6 Å². The molecule has 0 bridgehead atoms. The SMILES string of the molecule is CC(C(=O)O)C(=O)N(C)Cc1ccc(F)cc1. The van der Waals surface area contributed by atoms with Crippen LogP contribution >= 0.6 is 0 Å². The molecule has 1 unspecified atom stereocenters. The predicted octanol–water partition coefficient (Wildman–Crippen LogP) is 1.50. The van der Waals surface area contributed by atoms with Crippen LogP contribution in [0.25, 0.3) is 0 Å². The first-order valence-electron chi connectivity index (χ1n) is 5.14. The van der Waals surface area contributed by atoms with Crippen molar-refractivity contribution in [3.05, 3.63) is 35.6 Å². The number of hydrogen-bond acceptors (Lipinski definition) is 2. The van der Waals surface area contributed by atoms with Crippen molar-refractivity contribution in [2.45, 2.75) is 13.5 Å². The van der Waals surface area contributed by atoms with Crippen molar-refractivity contribution < 1.29 is 19.1 Å². The Balaban J connectivity index is 2.66. The molecule has 0 spiro atoms. The highest BCUT2D eigenvalue weighted by Crippen LogP contribution is 2.08. The van der Waals surface area contributed by atoms with Gasteiger partial charge in [-0.3, -0.25) is 9.59 Å². The Hall–Kier alpha value is -1.91. The van der Waals surface area contributed by atoms with E-state index in [1.807, 2.05) is 0 Å². The maximum atomic E-state index is 12.7. The van der Waals surface area contributed by atoms with E-state index >= 15 is 0 Å². The van der Waals surface area contributed by atoms with E-state index in [4.69, 9.17) is 5.11 Å². The van der Waals surface area contributed by atoms with Gasteiger partial charge in [0.15, 0.2) is 0 Å². The predicted molar refractivity (Wildman–Crippen MR) is 59.7 cm³/mol. The van der Waals surface area contributed by atoms with Gasteiger partial charge in [-0.2, -0.15) is 0 Å². The van der Waals surface area contributed by atoms with Crippen molar-refractivity contribution in [3.63, 3.8) is 0 Å². The molecule has 0 saturated heterocycles. The largest absolute Gasteiger partial charge is 0.481 e. The average Bonchev–Trinajstić information content (AvgIpc) is 2.30. The zero-order chi connectivity index (χ0) is 13.0. The van der Waals surface area contributed by atoms with E-state index in [-0.39, 0.29) is 12.4 Å². The molecule has 1 aromatic rings. The van der Waals surface area contributed by atoms with Crippen LogP contribution in [0.3, 0.4) is 0 Å². The fourth-order valence-corrected chi connectivity index (χ4v) is 1.38. The highest BCUT2D eigenvalue weighted by molar-refractivity contribution is 5.96. The Morgan fingerprint density at radius 2 is 1.88 bits per heavy atom. The van der Waals surface area contributed by atoms with Gasteiger partial charge in [-0.15, -0.1) is 0 Å². The molecule has 5 heteroatoms. The molecule has 92 valence electrons. The molecular formula is C12H14FNO3. The number of nitrogens with zero attached hydrogens (tertiary/aromatic N) is 1. The van der Waals surface area contributed by atoms with Crippen LogP contribution in [0.5, 0.6) is 0 Å². The molecule has 1 rings (SSSR count). The van der Waals surface area contributed by atoms with Crippen LogP contribution in [0.2, 0.25) is 0 Å². The first-order chi connectivity index (χ1) is 7.91. The Morgan fingerprint density at radius 1 is 1.35 bits per heavy atom. The fourth-order valence-electron chi connectivity index (χ4n) is 1.38. The molecular weight excluding hydrogens is 225 g/mol. The number of aliphatic carboxylic acids is 1. The molecule has 4 nitrogen and oxygen atoms in total. The summed E-state index contributed by atoms with van der Waals surface area (Å²) < 4.78 is 12.7. The van der Waals surface area contributed by atoms with Gasteiger partial charge in [-0.05, 0) is 24.6 Å². The van der Waals surface area contributed by atoms with E-state index in [0.29, 0.717) is 0 Å². The molecule has 0 fully saturated rings. The molecule has 0 aliphatic carbocycles. The molecule has 0 aromatic heterocycles. The van der Waals surface area contributed by atoms with E-state index < -0.39 is 17.8 Å². The lowest BCUT2D eigenvalue weighted by Gasteiger charge is -2.19. The summed E-state index contributed by atoms with van der Waals surface area (Å²) in [5.41, 5.74) is 0.750. The molecule has 0 heterocycles. The van der Waals surface area contributed by atoms with Crippen LogP contribution < -0.4 is 0 Å². The number of hydrogen-bond donors (Lipinski definition) is 1. The standard InChI is InChI=1S/C12H14FNO3/c1-8(12(16)17)11(15)14(2)7-9-3-5-10(13)6-4-9/h3-6,8H,7H2,1-2H3,(H,16,17). The third-order valence-electron chi connectivity index (χ3n) is 2.45. The van der Waals surface area contributed by atoms with Gasteiger partial charge in [0.1, 0.15) is 11.7 Å². The molecule has 1 N–H and O–H groups in total. The van der Waals surface area contributed by atoms with E-state index in [2.05, 4.69) is 0 Å². The van der Waals surface area contributed by atoms with Gasteiger partial charge in [0.2, 0.25) is 5.91 Å². The molecule has 1 atom stereocenters. The molecule has 0 radical (unpaired) electrons. The number of carbonyl (C=O) groups excluding carboxylic acids is 1. The molecule has 1 aromatic carbocycles. The third-order valence-corrected chi connectivity index (χ3v) is 2.45. The molecule has 0 saturated carbocycles. The number of carbonyl (C=O) groups is 2. The number of carboxylic acids is 1. The van der Waals surface area contributed by atoms with Gasteiger partial charge >= 0.3 is 5.97 Å². The van der Waals surface area contributed by atoms with Crippen LogP contribution in [-0.2, 0) is 16.1 Å².